The Morgan fingerprint density at radius 2 is 1.41 bits per heavy atom. The minimum atomic E-state index is 0.155. The fourth-order valence-corrected chi connectivity index (χ4v) is 5.49. The number of hydrogen-bond donors (Lipinski definition) is 2. The SMILES string of the molecule is CNCCC(C)CCC(C)c1cccc(C2c3ccccc3-c3ccccc3C2C)c1O. The van der Waals surface area contributed by atoms with Gasteiger partial charge in [0.2, 0.25) is 0 Å². The minimum absolute atomic E-state index is 0.155. The zero-order valence-electron chi connectivity index (χ0n) is 19.9. The van der Waals surface area contributed by atoms with Gasteiger partial charge in [-0.25, -0.2) is 0 Å². The van der Waals surface area contributed by atoms with Gasteiger partial charge in [0.15, 0.2) is 0 Å². The largest absolute Gasteiger partial charge is 0.507 e. The summed E-state index contributed by atoms with van der Waals surface area (Å²) in [5.41, 5.74) is 7.46. The smallest absolute Gasteiger partial charge is 0.122 e. The van der Waals surface area contributed by atoms with Crippen molar-refractivity contribution in [3.63, 3.8) is 0 Å². The number of phenolic OH excluding ortho intramolecular Hbond substituents is 1. The van der Waals surface area contributed by atoms with Crippen molar-refractivity contribution in [2.45, 2.75) is 57.8 Å². The zero-order chi connectivity index (χ0) is 22.7. The van der Waals surface area contributed by atoms with Crippen molar-refractivity contribution < 1.29 is 5.11 Å². The van der Waals surface area contributed by atoms with Crippen LogP contribution >= 0.6 is 0 Å². The van der Waals surface area contributed by atoms with E-state index in [0.717, 1.165) is 24.1 Å². The number of benzene rings is 3. The zero-order valence-corrected chi connectivity index (χ0v) is 19.9. The maximum Gasteiger partial charge on any atom is 0.122 e. The van der Waals surface area contributed by atoms with Gasteiger partial charge in [0.25, 0.3) is 0 Å². The van der Waals surface area contributed by atoms with Gasteiger partial charge < -0.3 is 10.4 Å². The summed E-state index contributed by atoms with van der Waals surface area (Å²) in [6.45, 7) is 7.96. The van der Waals surface area contributed by atoms with Crippen LogP contribution in [0.3, 0.4) is 0 Å². The molecule has 2 nitrogen and oxygen atoms in total. The summed E-state index contributed by atoms with van der Waals surface area (Å²) in [5, 5.41) is 14.7. The van der Waals surface area contributed by atoms with Crippen LogP contribution in [-0.2, 0) is 0 Å². The summed E-state index contributed by atoms with van der Waals surface area (Å²) in [6, 6.07) is 23.8. The van der Waals surface area contributed by atoms with Gasteiger partial charge in [-0.15, -0.1) is 0 Å². The van der Waals surface area contributed by atoms with Crippen molar-refractivity contribution in [3.8, 4) is 16.9 Å². The first kappa shape index (κ1) is 22.6. The van der Waals surface area contributed by atoms with E-state index in [0.29, 0.717) is 23.5 Å². The van der Waals surface area contributed by atoms with Crippen LogP contribution in [0.25, 0.3) is 11.1 Å². The van der Waals surface area contributed by atoms with Crippen LogP contribution < -0.4 is 5.32 Å². The molecular weight excluding hydrogens is 390 g/mol. The van der Waals surface area contributed by atoms with E-state index >= 15 is 0 Å². The molecule has 0 amide bonds. The van der Waals surface area contributed by atoms with Crippen LogP contribution in [0.15, 0.2) is 66.7 Å². The second kappa shape index (κ2) is 9.92. The number of hydrogen-bond acceptors (Lipinski definition) is 2. The van der Waals surface area contributed by atoms with Crippen LogP contribution in [0, 0.1) is 5.92 Å². The molecule has 0 aromatic heterocycles. The Hall–Kier alpha value is -2.58. The average molecular weight is 428 g/mol. The number of fused-ring (bicyclic) bond motifs is 3. The molecule has 1 aliphatic carbocycles. The molecule has 4 rings (SSSR count). The summed E-state index contributed by atoms with van der Waals surface area (Å²) >= 11 is 0. The lowest BCUT2D eigenvalue weighted by Gasteiger charge is -2.35. The van der Waals surface area contributed by atoms with Crippen LogP contribution in [0.1, 0.15) is 80.0 Å². The first-order chi connectivity index (χ1) is 15.5. The van der Waals surface area contributed by atoms with Gasteiger partial charge in [-0.3, -0.25) is 0 Å². The molecule has 0 spiro atoms. The van der Waals surface area contributed by atoms with Crippen molar-refractivity contribution in [2.75, 3.05) is 13.6 Å². The standard InChI is InChI=1S/C30H37NO/c1-20(18-19-31-4)16-17-21(2)23-14-9-15-28(30(23)32)29-22(3)24-10-5-6-11-25(24)26-12-7-8-13-27(26)29/h5-15,20-22,29,31-32H,16-19H2,1-4H3. The Labute approximate surface area is 193 Å². The molecule has 168 valence electrons. The Kier molecular flexibility index (Phi) is 7.01. The molecule has 2 N–H and O–H groups in total. The molecule has 4 atom stereocenters. The summed E-state index contributed by atoms with van der Waals surface area (Å²) in [5.74, 6) is 1.99. The molecule has 0 bridgehead atoms. The Morgan fingerprint density at radius 1 is 0.781 bits per heavy atom. The number of nitrogens with one attached hydrogen (secondary N) is 1. The highest BCUT2D eigenvalue weighted by atomic mass is 16.3. The fraction of sp³-hybridized carbons (Fsp3) is 0.400. The summed E-state index contributed by atoms with van der Waals surface area (Å²) in [7, 11) is 2.02. The van der Waals surface area contributed by atoms with Crippen molar-refractivity contribution in [3.05, 3.63) is 89.0 Å². The third kappa shape index (κ3) is 4.34. The third-order valence-electron chi connectivity index (χ3n) is 7.48. The van der Waals surface area contributed by atoms with E-state index in [4.69, 9.17) is 0 Å². The number of aromatic hydroxyl groups is 1. The number of phenols is 1. The average Bonchev–Trinajstić information content (AvgIpc) is 2.82. The second-order valence-electron chi connectivity index (χ2n) is 9.70. The van der Waals surface area contributed by atoms with Crippen molar-refractivity contribution >= 4 is 0 Å². The van der Waals surface area contributed by atoms with E-state index in [9.17, 15) is 5.11 Å². The molecule has 3 aromatic carbocycles. The van der Waals surface area contributed by atoms with E-state index in [-0.39, 0.29) is 5.92 Å². The second-order valence-corrected chi connectivity index (χ2v) is 9.70. The minimum Gasteiger partial charge on any atom is -0.507 e. The van der Waals surface area contributed by atoms with Gasteiger partial charge in [-0.05, 0) is 72.0 Å². The molecule has 0 saturated heterocycles. The first-order valence-electron chi connectivity index (χ1n) is 12.2. The lowest BCUT2D eigenvalue weighted by molar-refractivity contribution is 0.425. The molecule has 32 heavy (non-hydrogen) atoms. The summed E-state index contributed by atoms with van der Waals surface area (Å²) in [6.07, 6.45) is 3.48. The maximum absolute atomic E-state index is 11.5. The van der Waals surface area contributed by atoms with Gasteiger partial charge in [0.1, 0.15) is 5.75 Å². The van der Waals surface area contributed by atoms with E-state index in [1.54, 1.807) is 0 Å². The highest BCUT2D eigenvalue weighted by molar-refractivity contribution is 5.76. The Balaban J connectivity index is 1.66. The molecule has 3 aromatic rings. The quantitative estimate of drug-likeness (QED) is 0.391. The Bertz CT molecular complexity index is 1060. The van der Waals surface area contributed by atoms with Crippen molar-refractivity contribution in [2.24, 2.45) is 5.92 Å². The van der Waals surface area contributed by atoms with Crippen LogP contribution in [0.2, 0.25) is 0 Å². The van der Waals surface area contributed by atoms with Crippen LogP contribution in [0.4, 0.5) is 0 Å². The van der Waals surface area contributed by atoms with E-state index in [1.165, 1.54) is 35.1 Å². The van der Waals surface area contributed by atoms with E-state index in [1.807, 2.05) is 7.05 Å². The summed E-state index contributed by atoms with van der Waals surface area (Å²) in [4.78, 5) is 0. The lowest BCUT2D eigenvalue weighted by Crippen LogP contribution is -2.17. The van der Waals surface area contributed by atoms with Gasteiger partial charge in [-0.2, -0.15) is 0 Å². The lowest BCUT2D eigenvalue weighted by atomic mass is 9.69. The van der Waals surface area contributed by atoms with Crippen LogP contribution in [0.5, 0.6) is 5.75 Å². The molecule has 0 radical (unpaired) electrons. The number of rotatable bonds is 8. The molecule has 1 aliphatic rings. The van der Waals surface area contributed by atoms with Gasteiger partial charge in [0, 0.05) is 11.5 Å². The first-order valence-corrected chi connectivity index (χ1v) is 12.2. The van der Waals surface area contributed by atoms with E-state index < -0.39 is 0 Å². The molecule has 0 aliphatic heterocycles. The highest BCUT2D eigenvalue weighted by Gasteiger charge is 2.33. The molecular formula is C30H37NO. The van der Waals surface area contributed by atoms with Gasteiger partial charge in [0.05, 0.1) is 0 Å². The molecule has 4 unspecified atom stereocenters. The molecule has 0 fully saturated rings. The van der Waals surface area contributed by atoms with Crippen molar-refractivity contribution in [1.82, 2.24) is 5.32 Å². The normalized spacial score (nSPS) is 19.1. The maximum atomic E-state index is 11.5. The topological polar surface area (TPSA) is 32.3 Å². The highest BCUT2D eigenvalue weighted by Crippen LogP contribution is 2.52. The molecule has 2 heteroatoms. The Morgan fingerprint density at radius 3 is 2.12 bits per heavy atom. The van der Waals surface area contributed by atoms with Crippen molar-refractivity contribution in [1.29, 1.82) is 0 Å². The van der Waals surface area contributed by atoms with Crippen LogP contribution in [-0.4, -0.2) is 18.7 Å². The molecule has 0 saturated carbocycles. The summed E-state index contributed by atoms with van der Waals surface area (Å²) < 4.78 is 0. The molecule has 0 heterocycles. The van der Waals surface area contributed by atoms with Gasteiger partial charge >= 0.3 is 0 Å². The fourth-order valence-electron chi connectivity index (χ4n) is 5.49. The predicted octanol–water partition coefficient (Wildman–Crippen LogP) is 7.44. The monoisotopic (exact) mass is 427 g/mol. The predicted molar refractivity (Wildman–Crippen MR) is 136 cm³/mol. The number of para-hydroxylation sites is 1. The van der Waals surface area contributed by atoms with Gasteiger partial charge in [-0.1, -0.05) is 93.9 Å². The third-order valence-corrected chi connectivity index (χ3v) is 7.48. The van der Waals surface area contributed by atoms with E-state index in [2.05, 4.69) is 92.8 Å².